The van der Waals surface area contributed by atoms with Gasteiger partial charge in [0, 0.05) is 13.1 Å². The zero-order valence-corrected chi connectivity index (χ0v) is 8.76. The molecule has 0 aromatic carbocycles. The van der Waals surface area contributed by atoms with E-state index >= 15 is 0 Å². The summed E-state index contributed by atoms with van der Waals surface area (Å²) < 4.78 is 0. The predicted octanol–water partition coefficient (Wildman–Crippen LogP) is -0.853. The van der Waals surface area contributed by atoms with E-state index in [0.717, 1.165) is 32.1 Å². The maximum Gasteiger partial charge on any atom is 0.207 e. The summed E-state index contributed by atoms with van der Waals surface area (Å²) in [7, 11) is 0. The van der Waals surface area contributed by atoms with Gasteiger partial charge in [0.1, 0.15) is 6.29 Å². The van der Waals surface area contributed by atoms with E-state index in [9.17, 15) is 14.7 Å². The number of amides is 1. The van der Waals surface area contributed by atoms with Gasteiger partial charge in [-0.05, 0) is 19.4 Å². The SMILES string of the molecule is O=CNCC(O)CN1CCCCC1C=O. The molecule has 86 valence electrons. The van der Waals surface area contributed by atoms with Crippen LogP contribution in [0, 0.1) is 0 Å². The summed E-state index contributed by atoms with van der Waals surface area (Å²) in [5.74, 6) is 0. The molecule has 1 rings (SSSR count). The molecule has 0 aromatic heterocycles. The van der Waals surface area contributed by atoms with Crippen molar-refractivity contribution in [2.45, 2.75) is 31.4 Å². The Morgan fingerprint density at radius 2 is 2.27 bits per heavy atom. The Kier molecular flexibility index (Phi) is 5.28. The summed E-state index contributed by atoms with van der Waals surface area (Å²) in [6, 6.07) is -0.0652. The fourth-order valence-corrected chi connectivity index (χ4v) is 1.92. The summed E-state index contributed by atoms with van der Waals surface area (Å²) in [6.45, 7) is 1.54. The number of piperidine rings is 1. The van der Waals surface area contributed by atoms with E-state index in [1.165, 1.54) is 0 Å². The average molecular weight is 214 g/mol. The molecule has 1 amide bonds. The number of carbonyl (C=O) groups is 2. The first-order valence-electron chi connectivity index (χ1n) is 5.32. The number of likely N-dealkylation sites (tertiary alicyclic amines) is 1. The smallest absolute Gasteiger partial charge is 0.207 e. The van der Waals surface area contributed by atoms with Gasteiger partial charge in [-0.3, -0.25) is 9.69 Å². The first kappa shape index (κ1) is 12.1. The van der Waals surface area contributed by atoms with Gasteiger partial charge in [0.15, 0.2) is 0 Å². The first-order chi connectivity index (χ1) is 7.27. The molecule has 0 radical (unpaired) electrons. The number of nitrogens with zero attached hydrogens (tertiary/aromatic N) is 1. The minimum Gasteiger partial charge on any atom is -0.390 e. The quantitative estimate of drug-likeness (QED) is 0.565. The minimum atomic E-state index is -0.601. The van der Waals surface area contributed by atoms with E-state index in [2.05, 4.69) is 5.32 Å². The van der Waals surface area contributed by atoms with Crippen LogP contribution in [0.15, 0.2) is 0 Å². The molecule has 0 aliphatic carbocycles. The number of aliphatic hydroxyl groups excluding tert-OH is 1. The molecular formula is C10H18N2O3. The number of aliphatic hydroxyl groups is 1. The molecule has 2 atom stereocenters. The molecule has 1 heterocycles. The van der Waals surface area contributed by atoms with Crippen molar-refractivity contribution in [3.05, 3.63) is 0 Å². The summed E-state index contributed by atoms with van der Waals surface area (Å²) in [4.78, 5) is 22.8. The molecule has 0 spiro atoms. The second-order valence-corrected chi connectivity index (χ2v) is 3.87. The van der Waals surface area contributed by atoms with Gasteiger partial charge in [0.05, 0.1) is 12.1 Å². The van der Waals surface area contributed by atoms with Crippen molar-refractivity contribution in [3.8, 4) is 0 Å². The highest BCUT2D eigenvalue weighted by Crippen LogP contribution is 2.15. The van der Waals surface area contributed by atoms with Crippen molar-refractivity contribution in [2.75, 3.05) is 19.6 Å². The van der Waals surface area contributed by atoms with Gasteiger partial charge in [0.25, 0.3) is 0 Å². The molecule has 1 aliphatic rings. The average Bonchev–Trinajstić information content (AvgIpc) is 2.27. The van der Waals surface area contributed by atoms with Crippen LogP contribution in [0.2, 0.25) is 0 Å². The maximum absolute atomic E-state index is 10.8. The van der Waals surface area contributed by atoms with Gasteiger partial charge >= 0.3 is 0 Å². The van der Waals surface area contributed by atoms with Crippen molar-refractivity contribution in [2.24, 2.45) is 0 Å². The van der Waals surface area contributed by atoms with E-state index in [-0.39, 0.29) is 12.6 Å². The van der Waals surface area contributed by atoms with Crippen molar-refractivity contribution in [1.82, 2.24) is 10.2 Å². The number of β-amino-alcohol motifs (C(OH)–C–C–N with tert-alkyl or cyclic N) is 1. The van der Waals surface area contributed by atoms with Crippen LogP contribution in [-0.2, 0) is 9.59 Å². The molecule has 1 saturated heterocycles. The third-order valence-electron chi connectivity index (χ3n) is 2.70. The third kappa shape index (κ3) is 3.97. The van der Waals surface area contributed by atoms with Crippen LogP contribution < -0.4 is 5.32 Å². The summed E-state index contributed by atoms with van der Waals surface area (Å²) in [5.41, 5.74) is 0. The summed E-state index contributed by atoms with van der Waals surface area (Å²) in [5, 5.41) is 12.0. The van der Waals surface area contributed by atoms with Gasteiger partial charge in [-0.1, -0.05) is 6.42 Å². The van der Waals surface area contributed by atoms with Crippen LogP contribution in [0.5, 0.6) is 0 Å². The zero-order chi connectivity index (χ0) is 11.1. The summed E-state index contributed by atoms with van der Waals surface area (Å²) >= 11 is 0. The maximum atomic E-state index is 10.8. The molecule has 15 heavy (non-hydrogen) atoms. The monoisotopic (exact) mass is 214 g/mol. The highest BCUT2D eigenvalue weighted by atomic mass is 16.3. The lowest BCUT2D eigenvalue weighted by molar-refractivity contribution is -0.114. The normalized spacial score (nSPS) is 24.5. The van der Waals surface area contributed by atoms with Gasteiger partial charge in [0.2, 0.25) is 6.41 Å². The van der Waals surface area contributed by atoms with Crippen molar-refractivity contribution >= 4 is 12.7 Å². The van der Waals surface area contributed by atoms with Crippen LogP contribution in [-0.4, -0.2) is 54.5 Å². The molecule has 5 heteroatoms. The van der Waals surface area contributed by atoms with E-state index in [1.54, 1.807) is 0 Å². The molecular weight excluding hydrogens is 196 g/mol. The first-order valence-corrected chi connectivity index (χ1v) is 5.32. The van der Waals surface area contributed by atoms with Crippen molar-refractivity contribution < 1.29 is 14.7 Å². The number of rotatable bonds is 6. The molecule has 5 nitrogen and oxygen atoms in total. The van der Waals surface area contributed by atoms with E-state index in [4.69, 9.17) is 0 Å². The molecule has 1 aliphatic heterocycles. The highest BCUT2D eigenvalue weighted by Gasteiger charge is 2.23. The van der Waals surface area contributed by atoms with Gasteiger partial charge in [-0.25, -0.2) is 0 Å². The fourth-order valence-electron chi connectivity index (χ4n) is 1.92. The van der Waals surface area contributed by atoms with E-state index in [1.807, 2.05) is 4.90 Å². The second-order valence-electron chi connectivity index (χ2n) is 3.87. The molecule has 0 saturated carbocycles. The van der Waals surface area contributed by atoms with E-state index < -0.39 is 6.10 Å². The Morgan fingerprint density at radius 3 is 2.93 bits per heavy atom. The zero-order valence-electron chi connectivity index (χ0n) is 8.76. The Morgan fingerprint density at radius 1 is 1.47 bits per heavy atom. The molecule has 2 unspecified atom stereocenters. The topological polar surface area (TPSA) is 69.6 Å². The van der Waals surface area contributed by atoms with Crippen LogP contribution in [0.1, 0.15) is 19.3 Å². The minimum absolute atomic E-state index is 0.0652. The van der Waals surface area contributed by atoms with Gasteiger partial charge in [-0.2, -0.15) is 0 Å². The lowest BCUT2D eigenvalue weighted by Gasteiger charge is -2.33. The summed E-state index contributed by atoms with van der Waals surface area (Å²) in [6.07, 6.45) is 3.92. The molecule has 0 bridgehead atoms. The largest absolute Gasteiger partial charge is 0.390 e. The van der Waals surface area contributed by atoms with Crippen LogP contribution in [0.25, 0.3) is 0 Å². The van der Waals surface area contributed by atoms with E-state index in [0.29, 0.717) is 13.0 Å². The lowest BCUT2D eigenvalue weighted by atomic mass is 10.0. The standard InChI is InChI=1S/C10H18N2O3/c13-7-9-3-1-2-4-12(9)6-10(15)5-11-8-14/h7-10,15H,1-6H2,(H,11,14). The van der Waals surface area contributed by atoms with Gasteiger partial charge < -0.3 is 15.2 Å². The van der Waals surface area contributed by atoms with Crippen molar-refractivity contribution in [1.29, 1.82) is 0 Å². The van der Waals surface area contributed by atoms with Crippen molar-refractivity contribution in [3.63, 3.8) is 0 Å². The predicted molar refractivity (Wildman–Crippen MR) is 55.3 cm³/mol. The number of carbonyl (C=O) groups excluding carboxylic acids is 2. The number of nitrogens with one attached hydrogen (secondary N) is 1. The second kappa shape index (κ2) is 6.53. The van der Waals surface area contributed by atoms with Crippen LogP contribution >= 0.6 is 0 Å². The van der Waals surface area contributed by atoms with Crippen LogP contribution in [0.4, 0.5) is 0 Å². The van der Waals surface area contributed by atoms with Crippen LogP contribution in [0.3, 0.4) is 0 Å². The molecule has 2 N–H and O–H groups in total. The molecule has 1 fully saturated rings. The number of hydrogen-bond donors (Lipinski definition) is 2. The Bertz CT molecular complexity index is 211. The Balaban J connectivity index is 2.33. The Labute approximate surface area is 89.4 Å². The lowest BCUT2D eigenvalue weighted by Crippen LogP contribution is -2.46. The molecule has 0 aromatic rings. The third-order valence-corrected chi connectivity index (χ3v) is 2.70. The van der Waals surface area contributed by atoms with Gasteiger partial charge in [-0.15, -0.1) is 0 Å². The highest BCUT2D eigenvalue weighted by molar-refractivity contribution is 5.57. The number of hydrogen-bond acceptors (Lipinski definition) is 4. The number of aldehydes is 1. The Hall–Kier alpha value is -0.940. The fraction of sp³-hybridized carbons (Fsp3) is 0.800.